The molecule has 0 spiro atoms. The Labute approximate surface area is 211 Å². The van der Waals surface area contributed by atoms with Gasteiger partial charge in [0.1, 0.15) is 5.82 Å². The highest BCUT2D eigenvalue weighted by molar-refractivity contribution is 7.12. The molecule has 4 aromatic rings. The highest BCUT2D eigenvalue weighted by atomic mass is 32.1. The first-order valence-electron chi connectivity index (χ1n) is 12.1. The number of nitrogens with one attached hydrogen (secondary N) is 2. The maximum atomic E-state index is 14.7. The zero-order valence-corrected chi connectivity index (χ0v) is 20.8. The molecule has 0 saturated heterocycles. The summed E-state index contributed by atoms with van der Waals surface area (Å²) in [5.74, 6) is 0.896. The molecule has 1 aromatic carbocycles. The second-order valence-corrected chi connectivity index (χ2v) is 10.6. The van der Waals surface area contributed by atoms with E-state index in [0.29, 0.717) is 35.3 Å². The van der Waals surface area contributed by atoms with Gasteiger partial charge in [-0.3, -0.25) is 9.48 Å². The molecule has 3 unspecified atom stereocenters. The largest absolute Gasteiger partial charge is 0.369 e. The Kier molecular flexibility index (Phi) is 5.65. The van der Waals surface area contributed by atoms with Crippen LogP contribution in [0.3, 0.4) is 0 Å². The van der Waals surface area contributed by atoms with E-state index in [9.17, 15) is 14.3 Å². The van der Waals surface area contributed by atoms with Crippen molar-refractivity contribution in [2.24, 2.45) is 7.05 Å². The van der Waals surface area contributed by atoms with Crippen molar-refractivity contribution >= 4 is 28.5 Å². The lowest BCUT2D eigenvalue weighted by Gasteiger charge is -2.15. The Hall–Kier alpha value is -3.50. The maximum absolute atomic E-state index is 14.7. The third-order valence-electron chi connectivity index (χ3n) is 7.17. The van der Waals surface area contributed by atoms with Gasteiger partial charge in [-0.15, -0.1) is 11.3 Å². The van der Waals surface area contributed by atoms with Crippen LogP contribution in [0.4, 0.5) is 21.6 Å². The molecule has 1 fully saturated rings. The van der Waals surface area contributed by atoms with Crippen molar-refractivity contribution in [1.82, 2.24) is 19.3 Å². The number of aryl methyl sites for hydroxylation is 2. The molecule has 1 saturated carbocycles. The highest BCUT2D eigenvalue weighted by Crippen LogP contribution is 2.56. The number of rotatable bonds is 7. The van der Waals surface area contributed by atoms with Gasteiger partial charge in [-0.05, 0) is 67.9 Å². The SMILES string of the molecule is CCn1cc(Nc2nc(-c3ccc(F)c(NC(O)c4cc5c(s4)C4CCC5C4)c3)cn(C)c2=O)cn1. The number of thiophene rings is 1. The van der Waals surface area contributed by atoms with E-state index in [1.165, 1.54) is 40.3 Å². The van der Waals surface area contributed by atoms with E-state index in [2.05, 4.69) is 26.8 Å². The summed E-state index contributed by atoms with van der Waals surface area (Å²) in [4.78, 5) is 19.4. The fourth-order valence-corrected chi connectivity index (χ4v) is 6.63. The molecule has 3 atom stereocenters. The first-order valence-corrected chi connectivity index (χ1v) is 13.0. The molecule has 0 radical (unpaired) electrons. The summed E-state index contributed by atoms with van der Waals surface area (Å²) in [5, 5.41) is 21.1. The fourth-order valence-electron chi connectivity index (χ4n) is 5.29. The summed E-state index contributed by atoms with van der Waals surface area (Å²) in [6, 6.07) is 6.63. The van der Waals surface area contributed by atoms with Gasteiger partial charge in [0.25, 0.3) is 5.56 Å². The Bertz CT molecular complexity index is 1480. The number of anilines is 3. The number of aromatic nitrogens is 4. The number of aliphatic hydroxyl groups is 1. The summed E-state index contributed by atoms with van der Waals surface area (Å²) in [6.45, 7) is 2.68. The topological polar surface area (TPSA) is 97.0 Å². The normalized spacial score (nSPS) is 18.9. The van der Waals surface area contributed by atoms with Crippen molar-refractivity contribution in [3.63, 3.8) is 0 Å². The van der Waals surface area contributed by atoms with Gasteiger partial charge in [-0.25, -0.2) is 9.37 Å². The number of fused-ring (bicyclic) bond motifs is 5. The number of aliphatic hydroxyl groups excluding tert-OH is 1. The van der Waals surface area contributed by atoms with Gasteiger partial charge < -0.3 is 20.3 Å². The number of halogens is 1. The zero-order chi connectivity index (χ0) is 25.0. The smallest absolute Gasteiger partial charge is 0.293 e. The summed E-state index contributed by atoms with van der Waals surface area (Å²) >= 11 is 1.63. The average Bonchev–Trinajstić information content (AvgIpc) is 3.65. The van der Waals surface area contributed by atoms with E-state index in [-0.39, 0.29) is 17.1 Å². The predicted molar refractivity (Wildman–Crippen MR) is 138 cm³/mol. The molecule has 0 aliphatic heterocycles. The zero-order valence-electron chi connectivity index (χ0n) is 20.0. The van der Waals surface area contributed by atoms with Crippen molar-refractivity contribution in [1.29, 1.82) is 0 Å². The fraction of sp³-hybridized carbons (Fsp3) is 0.346. The quantitative estimate of drug-likeness (QED) is 0.303. The molecule has 0 amide bonds. The van der Waals surface area contributed by atoms with Gasteiger partial charge in [0.2, 0.25) is 0 Å². The first kappa shape index (κ1) is 22.9. The Morgan fingerprint density at radius 2 is 2.08 bits per heavy atom. The molecule has 2 aliphatic carbocycles. The summed E-state index contributed by atoms with van der Waals surface area (Å²) < 4.78 is 17.9. The third-order valence-corrected chi connectivity index (χ3v) is 8.53. The lowest BCUT2D eigenvalue weighted by molar-refractivity contribution is 0.211. The second-order valence-electron chi connectivity index (χ2n) is 9.52. The molecule has 36 heavy (non-hydrogen) atoms. The van der Waals surface area contributed by atoms with Gasteiger partial charge in [0.05, 0.1) is 28.1 Å². The van der Waals surface area contributed by atoms with Crippen LogP contribution in [0.15, 0.2) is 47.7 Å². The van der Waals surface area contributed by atoms with Crippen LogP contribution < -0.4 is 16.2 Å². The maximum Gasteiger partial charge on any atom is 0.293 e. The first-order chi connectivity index (χ1) is 17.4. The third kappa shape index (κ3) is 4.00. The molecule has 6 rings (SSSR count). The van der Waals surface area contributed by atoms with Gasteiger partial charge in [0.15, 0.2) is 12.0 Å². The summed E-state index contributed by atoms with van der Waals surface area (Å²) in [7, 11) is 1.64. The van der Waals surface area contributed by atoms with Gasteiger partial charge >= 0.3 is 0 Å². The predicted octanol–water partition coefficient (Wildman–Crippen LogP) is 5.08. The van der Waals surface area contributed by atoms with Crippen LogP contribution in [0.5, 0.6) is 0 Å². The standard InChI is InChI=1S/C26H27FN6O2S/c1-3-33-12-17(11-28-33)29-24-26(35)32(2)13-21(30-24)15-6-7-19(27)20(9-15)31-25(34)22-10-18-14-4-5-16(8-14)23(18)36-22/h6-7,9-14,16,25,31,34H,3-5,8H2,1-2H3,(H,29,30). The number of benzene rings is 1. The summed E-state index contributed by atoms with van der Waals surface area (Å²) in [6.07, 6.45) is 7.69. The molecule has 8 nitrogen and oxygen atoms in total. The van der Waals surface area contributed by atoms with Gasteiger partial charge in [-0.1, -0.05) is 0 Å². The number of hydrogen-bond acceptors (Lipinski definition) is 7. The van der Waals surface area contributed by atoms with E-state index in [1.54, 1.807) is 53.8 Å². The molecule has 186 valence electrons. The monoisotopic (exact) mass is 506 g/mol. The van der Waals surface area contributed by atoms with Crippen molar-refractivity contribution in [3.05, 3.63) is 74.3 Å². The lowest BCUT2D eigenvalue weighted by Crippen LogP contribution is -2.21. The summed E-state index contributed by atoms with van der Waals surface area (Å²) in [5.41, 5.74) is 3.00. The van der Waals surface area contributed by atoms with E-state index < -0.39 is 12.0 Å². The van der Waals surface area contributed by atoms with E-state index in [4.69, 9.17) is 0 Å². The number of nitrogens with zero attached hydrogens (tertiary/aromatic N) is 4. The molecule has 3 aromatic heterocycles. The van der Waals surface area contributed by atoms with Gasteiger partial charge in [0, 0.05) is 36.4 Å². The lowest BCUT2D eigenvalue weighted by atomic mass is 9.99. The van der Waals surface area contributed by atoms with Crippen molar-refractivity contribution < 1.29 is 9.50 Å². The van der Waals surface area contributed by atoms with E-state index in [0.717, 1.165) is 4.88 Å². The molecule has 2 bridgehead atoms. The molecule has 2 aliphatic rings. The Balaban J connectivity index is 1.27. The van der Waals surface area contributed by atoms with Crippen molar-refractivity contribution in [3.8, 4) is 11.3 Å². The van der Waals surface area contributed by atoms with Crippen LogP contribution in [0, 0.1) is 5.82 Å². The molecule has 10 heteroatoms. The van der Waals surface area contributed by atoms with Crippen LogP contribution >= 0.6 is 11.3 Å². The molecule has 3 N–H and O–H groups in total. The van der Waals surface area contributed by atoms with Crippen LogP contribution in [0.1, 0.15) is 59.6 Å². The van der Waals surface area contributed by atoms with Crippen molar-refractivity contribution in [2.75, 3.05) is 10.6 Å². The highest BCUT2D eigenvalue weighted by Gasteiger charge is 2.39. The molecular formula is C26H27FN6O2S. The van der Waals surface area contributed by atoms with Crippen LogP contribution in [-0.2, 0) is 13.6 Å². The molecular weight excluding hydrogens is 479 g/mol. The van der Waals surface area contributed by atoms with Crippen LogP contribution in [-0.4, -0.2) is 24.4 Å². The number of hydrogen-bond donors (Lipinski definition) is 3. The molecule has 3 heterocycles. The second kappa shape index (κ2) is 8.86. The van der Waals surface area contributed by atoms with Crippen LogP contribution in [0.2, 0.25) is 0 Å². The Morgan fingerprint density at radius 1 is 1.25 bits per heavy atom. The minimum absolute atomic E-state index is 0.146. The minimum Gasteiger partial charge on any atom is -0.369 e. The van der Waals surface area contributed by atoms with E-state index in [1.807, 2.05) is 6.92 Å². The van der Waals surface area contributed by atoms with Crippen LogP contribution in [0.25, 0.3) is 11.3 Å². The minimum atomic E-state index is -1.01. The van der Waals surface area contributed by atoms with E-state index >= 15 is 0 Å². The van der Waals surface area contributed by atoms with Crippen molar-refractivity contribution in [2.45, 2.75) is 50.8 Å². The Morgan fingerprint density at radius 3 is 2.86 bits per heavy atom. The average molecular weight is 507 g/mol. The van der Waals surface area contributed by atoms with Gasteiger partial charge in [-0.2, -0.15) is 5.10 Å².